The summed E-state index contributed by atoms with van der Waals surface area (Å²) in [7, 11) is 0. The maximum Gasteiger partial charge on any atom is 0.307 e. The summed E-state index contributed by atoms with van der Waals surface area (Å²) in [6.07, 6.45) is 1.05. The zero-order chi connectivity index (χ0) is 30.1. The van der Waals surface area contributed by atoms with E-state index in [1.54, 1.807) is 57.7 Å². The van der Waals surface area contributed by atoms with Crippen molar-refractivity contribution in [3.63, 3.8) is 0 Å². The number of aromatic amines is 1. The van der Waals surface area contributed by atoms with E-state index in [1.807, 2.05) is 0 Å². The van der Waals surface area contributed by atoms with Crippen molar-refractivity contribution in [3.8, 4) is 17.6 Å². The number of carbonyl (C=O) groups excluding carboxylic acids is 2. The van der Waals surface area contributed by atoms with Crippen molar-refractivity contribution in [1.29, 1.82) is 5.26 Å². The minimum Gasteiger partial charge on any atom is -0.451 e. The summed E-state index contributed by atoms with van der Waals surface area (Å²) in [4.78, 5) is 40.6. The number of H-pyrrole nitrogens is 1. The minimum atomic E-state index is -0.946. The molecule has 0 saturated carbocycles. The standard InChI is InChI=1S/C30H31ClFN5O4/c1-16-10-19(6-8-24(16)41-25-11-17(2)35-36-28(25)39)27(38)34-18(3)29(40)37-23(7-9-26(37)30(4,5)15-33)20-12-21(31)14-22(32)13-20/h6,8,10-14,18,23,26H,7,9H2,1-5H3,(H,34,38)(H,36,39)/t18?,23-,26+/m0/s1. The normalized spacial score (nSPS) is 17.6. The molecule has 0 radical (unpaired) electrons. The first-order valence-electron chi connectivity index (χ1n) is 13.2. The molecule has 0 spiro atoms. The van der Waals surface area contributed by atoms with E-state index in [0.717, 1.165) is 0 Å². The topological polar surface area (TPSA) is 128 Å². The van der Waals surface area contributed by atoms with Gasteiger partial charge in [0.1, 0.15) is 17.6 Å². The van der Waals surface area contributed by atoms with Gasteiger partial charge in [-0.3, -0.25) is 14.4 Å². The Balaban J connectivity index is 1.55. The van der Waals surface area contributed by atoms with Crippen LogP contribution in [0.5, 0.6) is 11.5 Å². The quantitative estimate of drug-likeness (QED) is 0.387. The molecule has 0 aliphatic carbocycles. The summed E-state index contributed by atoms with van der Waals surface area (Å²) in [5.41, 5.74) is 0.637. The lowest BCUT2D eigenvalue weighted by Gasteiger charge is -2.38. The molecule has 9 nitrogen and oxygen atoms in total. The Hall–Kier alpha value is -4.23. The third-order valence-corrected chi connectivity index (χ3v) is 7.52. The molecular weight excluding hydrogens is 549 g/mol. The Labute approximate surface area is 242 Å². The monoisotopic (exact) mass is 579 g/mol. The fourth-order valence-corrected chi connectivity index (χ4v) is 5.37. The molecule has 3 aromatic rings. The van der Waals surface area contributed by atoms with Crippen molar-refractivity contribution in [2.75, 3.05) is 0 Å². The fraction of sp³-hybridized carbons (Fsp3) is 0.367. The third kappa shape index (κ3) is 6.41. The second-order valence-electron chi connectivity index (χ2n) is 10.9. The van der Waals surface area contributed by atoms with E-state index in [9.17, 15) is 24.0 Å². The van der Waals surface area contributed by atoms with Crippen molar-refractivity contribution in [1.82, 2.24) is 20.4 Å². The fourth-order valence-electron chi connectivity index (χ4n) is 5.14. The lowest BCUT2D eigenvalue weighted by atomic mass is 9.84. The van der Waals surface area contributed by atoms with Crippen LogP contribution in [0.1, 0.15) is 66.8 Å². The molecule has 41 heavy (non-hydrogen) atoms. The number of carbonyl (C=O) groups is 2. The minimum absolute atomic E-state index is 0.0756. The van der Waals surface area contributed by atoms with Crippen LogP contribution in [0.15, 0.2) is 47.3 Å². The van der Waals surface area contributed by atoms with Crippen LogP contribution in [0, 0.1) is 36.4 Å². The molecule has 214 valence electrons. The highest BCUT2D eigenvalue weighted by molar-refractivity contribution is 6.30. The smallest absolute Gasteiger partial charge is 0.307 e. The van der Waals surface area contributed by atoms with Crippen LogP contribution in [0.25, 0.3) is 0 Å². The van der Waals surface area contributed by atoms with Gasteiger partial charge in [0.25, 0.3) is 5.91 Å². The van der Waals surface area contributed by atoms with Gasteiger partial charge in [-0.1, -0.05) is 11.6 Å². The first-order valence-corrected chi connectivity index (χ1v) is 13.5. The van der Waals surface area contributed by atoms with Crippen LogP contribution in [0.3, 0.4) is 0 Å². The molecule has 2 aromatic carbocycles. The Morgan fingerprint density at radius 1 is 1.20 bits per heavy atom. The molecule has 11 heteroatoms. The largest absolute Gasteiger partial charge is 0.451 e. The molecule has 1 saturated heterocycles. The summed E-state index contributed by atoms with van der Waals surface area (Å²) in [6.45, 7) is 8.54. The first kappa shape index (κ1) is 29.7. The van der Waals surface area contributed by atoms with Gasteiger partial charge in [-0.25, -0.2) is 9.49 Å². The zero-order valence-corrected chi connectivity index (χ0v) is 24.2. The summed E-state index contributed by atoms with van der Waals surface area (Å²) in [6, 6.07) is 10.7. The van der Waals surface area contributed by atoms with Gasteiger partial charge < -0.3 is 15.0 Å². The molecule has 4 rings (SSSR count). The van der Waals surface area contributed by atoms with Crippen molar-refractivity contribution < 1.29 is 18.7 Å². The van der Waals surface area contributed by atoms with Gasteiger partial charge in [-0.2, -0.15) is 10.4 Å². The molecule has 1 aliphatic heterocycles. The molecule has 2 N–H and O–H groups in total. The molecule has 1 unspecified atom stereocenters. The number of halogens is 2. The number of rotatable bonds is 7. The number of hydrogen-bond donors (Lipinski definition) is 2. The summed E-state index contributed by atoms with van der Waals surface area (Å²) in [5, 5.41) is 19.0. The molecule has 0 bridgehead atoms. The lowest BCUT2D eigenvalue weighted by Crippen LogP contribution is -2.52. The molecular formula is C30H31ClFN5O4. The summed E-state index contributed by atoms with van der Waals surface area (Å²) in [5.74, 6) is -0.934. The number of likely N-dealkylation sites (tertiary alicyclic amines) is 1. The Morgan fingerprint density at radius 2 is 1.93 bits per heavy atom. The maximum absolute atomic E-state index is 14.2. The van der Waals surface area contributed by atoms with Crippen LogP contribution in [0.4, 0.5) is 4.39 Å². The second-order valence-corrected chi connectivity index (χ2v) is 11.3. The van der Waals surface area contributed by atoms with Crippen LogP contribution >= 0.6 is 11.6 Å². The number of aryl methyl sites for hydroxylation is 2. The van der Waals surface area contributed by atoms with Gasteiger partial charge in [0.15, 0.2) is 5.75 Å². The van der Waals surface area contributed by atoms with Crippen molar-refractivity contribution in [2.45, 2.75) is 65.6 Å². The number of ether oxygens (including phenoxy) is 1. The van der Waals surface area contributed by atoms with E-state index in [4.69, 9.17) is 16.3 Å². The second kappa shape index (κ2) is 11.7. The van der Waals surface area contributed by atoms with E-state index >= 15 is 0 Å². The van der Waals surface area contributed by atoms with Crippen LogP contribution in [0.2, 0.25) is 5.02 Å². The van der Waals surface area contributed by atoms with Gasteiger partial charge in [-0.15, -0.1) is 0 Å². The van der Waals surface area contributed by atoms with Gasteiger partial charge in [0.2, 0.25) is 5.91 Å². The molecule has 1 fully saturated rings. The zero-order valence-electron chi connectivity index (χ0n) is 23.4. The number of nitrogens with zero attached hydrogens (tertiary/aromatic N) is 3. The highest BCUT2D eigenvalue weighted by atomic mass is 35.5. The van der Waals surface area contributed by atoms with E-state index < -0.39 is 46.7 Å². The Kier molecular flexibility index (Phi) is 8.50. The van der Waals surface area contributed by atoms with Crippen LogP contribution in [-0.4, -0.2) is 39.0 Å². The third-order valence-electron chi connectivity index (χ3n) is 7.30. The molecule has 2 amide bonds. The molecule has 1 aromatic heterocycles. The Bertz CT molecular complexity index is 1580. The van der Waals surface area contributed by atoms with Crippen molar-refractivity contribution in [2.24, 2.45) is 5.41 Å². The summed E-state index contributed by atoms with van der Waals surface area (Å²) < 4.78 is 19.9. The number of nitriles is 1. The van der Waals surface area contributed by atoms with Gasteiger partial charge in [-0.05, 0) is 95.0 Å². The van der Waals surface area contributed by atoms with Crippen LogP contribution in [-0.2, 0) is 4.79 Å². The molecule has 1 aliphatic rings. The van der Waals surface area contributed by atoms with E-state index in [-0.39, 0.29) is 16.3 Å². The number of amides is 2. The van der Waals surface area contributed by atoms with Gasteiger partial charge >= 0.3 is 5.56 Å². The lowest BCUT2D eigenvalue weighted by molar-refractivity contribution is -0.137. The van der Waals surface area contributed by atoms with E-state index in [2.05, 4.69) is 21.6 Å². The number of nitrogens with one attached hydrogen (secondary N) is 2. The van der Waals surface area contributed by atoms with Crippen molar-refractivity contribution >= 4 is 23.4 Å². The summed E-state index contributed by atoms with van der Waals surface area (Å²) >= 11 is 6.11. The van der Waals surface area contributed by atoms with Gasteiger partial charge in [0, 0.05) is 16.7 Å². The Morgan fingerprint density at radius 3 is 2.59 bits per heavy atom. The van der Waals surface area contributed by atoms with Gasteiger partial charge in [0.05, 0.1) is 29.3 Å². The number of benzene rings is 2. The van der Waals surface area contributed by atoms with E-state index in [0.29, 0.717) is 35.4 Å². The highest BCUT2D eigenvalue weighted by Crippen LogP contribution is 2.44. The van der Waals surface area contributed by atoms with Crippen LogP contribution < -0.4 is 15.6 Å². The average molecular weight is 580 g/mol. The SMILES string of the molecule is Cc1cc(Oc2ccc(C(=O)NC(C)C(=O)N3[C@H](c4cc(F)cc(Cl)c4)CC[C@@H]3C(C)(C)C#N)cc2C)c(=O)[nH]n1. The predicted molar refractivity (Wildman–Crippen MR) is 151 cm³/mol. The van der Waals surface area contributed by atoms with E-state index in [1.165, 1.54) is 24.3 Å². The molecule has 2 heterocycles. The first-order chi connectivity index (χ1) is 19.3. The average Bonchev–Trinajstić information content (AvgIpc) is 3.37. The molecule has 3 atom stereocenters. The number of aromatic nitrogens is 2. The number of hydrogen-bond acceptors (Lipinski definition) is 6. The van der Waals surface area contributed by atoms with Crippen molar-refractivity contribution in [3.05, 3.63) is 86.0 Å². The maximum atomic E-state index is 14.2. The predicted octanol–water partition coefficient (Wildman–Crippen LogP) is 5.37. The highest BCUT2D eigenvalue weighted by Gasteiger charge is 2.46.